The Balaban J connectivity index is 2.34. The summed E-state index contributed by atoms with van der Waals surface area (Å²) in [4.78, 5) is 4.18. The van der Waals surface area contributed by atoms with Gasteiger partial charge in [0.1, 0.15) is 6.61 Å². The maximum absolute atomic E-state index is 5.55. The Hall–Kier alpha value is -1.13. The monoisotopic (exact) mass is 253 g/mol. The average molecular weight is 253 g/mol. The summed E-state index contributed by atoms with van der Waals surface area (Å²) in [6.07, 6.45) is 1.78. The fourth-order valence-electron chi connectivity index (χ4n) is 1.40. The highest BCUT2D eigenvalue weighted by Gasteiger charge is 2.14. The number of pyridine rings is 1. The first-order valence-electron chi connectivity index (χ1n) is 6.20. The summed E-state index contributed by atoms with van der Waals surface area (Å²) in [5, 5.41) is 0. The van der Waals surface area contributed by atoms with E-state index < -0.39 is 0 Å². The fraction of sp³-hybridized carbons (Fsp3) is 0.643. The molecule has 0 amide bonds. The van der Waals surface area contributed by atoms with E-state index in [-0.39, 0.29) is 5.41 Å². The molecule has 1 heterocycles. The van der Waals surface area contributed by atoms with E-state index in [9.17, 15) is 0 Å². The molecule has 0 fully saturated rings. The molecule has 0 aliphatic rings. The molecule has 0 N–H and O–H groups in total. The van der Waals surface area contributed by atoms with Crippen molar-refractivity contribution in [3.8, 4) is 5.88 Å². The lowest BCUT2D eigenvalue weighted by Gasteiger charge is -2.19. The Kier molecular flexibility index (Phi) is 6.09. The van der Waals surface area contributed by atoms with Crippen molar-refractivity contribution in [2.45, 2.75) is 26.2 Å². The number of nitrogens with zero attached hydrogens (tertiary/aromatic N) is 1. The van der Waals surface area contributed by atoms with Crippen molar-refractivity contribution in [3.63, 3.8) is 0 Å². The highest BCUT2D eigenvalue weighted by Crippen LogP contribution is 2.23. The number of hydrogen-bond acceptors (Lipinski definition) is 4. The molecule has 0 saturated carbocycles. The van der Waals surface area contributed by atoms with Crippen molar-refractivity contribution >= 4 is 0 Å². The molecule has 4 nitrogen and oxygen atoms in total. The van der Waals surface area contributed by atoms with Crippen LogP contribution in [0.25, 0.3) is 0 Å². The molecule has 0 bridgehead atoms. The van der Waals surface area contributed by atoms with Crippen LogP contribution in [0.2, 0.25) is 0 Å². The SMILES string of the molecule is COCCOCCOc1cc(C(C)(C)C)ccn1. The molecular formula is C14H23NO3. The molecule has 1 aromatic rings. The van der Waals surface area contributed by atoms with Gasteiger partial charge in [-0.3, -0.25) is 0 Å². The van der Waals surface area contributed by atoms with Gasteiger partial charge in [0.05, 0.1) is 19.8 Å². The largest absolute Gasteiger partial charge is 0.475 e. The van der Waals surface area contributed by atoms with Gasteiger partial charge in [-0.25, -0.2) is 4.98 Å². The Labute approximate surface area is 109 Å². The molecule has 0 saturated heterocycles. The average Bonchev–Trinajstić information content (AvgIpc) is 2.33. The molecule has 0 aliphatic carbocycles. The third-order valence-corrected chi connectivity index (χ3v) is 2.51. The van der Waals surface area contributed by atoms with Crippen LogP contribution in [-0.2, 0) is 14.9 Å². The van der Waals surface area contributed by atoms with Gasteiger partial charge in [0.15, 0.2) is 0 Å². The topological polar surface area (TPSA) is 40.6 Å². The zero-order valence-corrected chi connectivity index (χ0v) is 11.7. The van der Waals surface area contributed by atoms with Crippen molar-refractivity contribution in [3.05, 3.63) is 23.9 Å². The summed E-state index contributed by atoms with van der Waals surface area (Å²) in [5.74, 6) is 0.651. The second-order valence-corrected chi connectivity index (χ2v) is 5.09. The highest BCUT2D eigenvalue weighted by molar-refractivity contribution is 5.26. The van der Waals surface area contributed by atoms with Crippen molar-refractivity contribution in [2.24, 2.45) is 0 Å². The van der Waals surface area contributed by atoms with Crippen LogP contribution in [0.15, 0.2) is 18.3 Å². The van der Waals surface area contributed by atoms with Crippen LogP contribution in [0.3, 0.4) is 0 Å². The van der Waals surface area contributed by atoms with Crippen molar-refractivity contribution in [2.75, 3.05) is 33.5 Å². The van der Waals surface area contributed by atoms with Gasteiger partial charge in [0.25, 0.3) is 0 Å². The first-order valence-corrected chi connectivity index (χ1v) is 6.20. The van der Waals surface area contributed by atoms with Crippen LogP contribution in [0, 0.1) is 0 Å². The van der Waals surface area contributed by atoms with E-state index in [2.05, 4.69) is 25.8 Å². The second kappa shape index (κ2) is 7.34. The number of methoxy groups -OCH3 is 1. The molecule has 1 aromatic heterocycles. The first-order chi connectivity index (χ1) is 8.54. The van der Waals surface area contributed by atoms with Gasteiger partial charge >= 0.3 is 0 Å². The zero-order valence-electron chi connectivity index (χ0n) is 11.7. The minimum atomic E-state index is 0.107. The van der Waals surface area contributed by atoms with Gasteiger partial charge in [-0.05, 0) is 17.0 Å². The normalized spacial score (nSPS) is 11.6. The van der Waals surface area contributed by atoms with E-state index in [1.54, 1.807) is 13.3 Å². The molecule has 0 aliphatic heterocycles. The predicted molar refractivity (Wildman–Crippen MR) is 71.1 cm³/mol. The third-order valence-electron chi connectivity index (χ3n) is 2.51. The maximum Gasteiger partial charge on any atom is 0.213 e. The van der Waals surface area contributed by atoms with Crippen LogP contribution >= 0.6 is 0 Å². The van der Waals surface area contributed by atoms with Crippen LogP contribution < -0.4 is 4.74 Å². The van der Waals surface area contributed by atoms with Gasteiger partial charge in [-0.15, -0.1) is 0 Å². The van der Waals surface area contributed by atoms with Crippen LogP contribution in [0.5, 0.6) is 5.88 Å². The summed E-state index contributed by atoms with van der Waals surface area (Å²) >= 11 is 0. The molecule has 0 atom stereocenters. The fourth-order valence-corrected chi connectivity index (χ4v) is 1.40. The van der Waals surface area contributed by atoms with Gasteiger partial charge in [-0.2, -0.15) is 0 Å². The van der Waals surface area contributed by atoms with E-state index in [1.165, 1.54) is 5.56 Å². The molecule has 0 aromatic carbocycles. The molecular weight excluding hydrogens is 230 g/mol. The lowest BCUT2D eigenvalue weighted by molar-refractivity contribution is 0.0536. The van der Waals surface area contributed by atoms with Crippen molar-refractivity contribution < 1.29 is 14.2 Å². The molecule has 1 rings (SSSR count). The Morgan fingerprint density at radius 2 is 1.83 bits per heavy atom. The molecule has 0 spiro atoms. The predicted octanol–water partition coefficient (Wildman–Crippen LogP) is 2.42. The third kappa shape index (κ3) is 5.47. The summed E-state index contributed by atoms with van der Waals surface area (Å²) in [6, 6.07) is 4.00. The minimum absolute atomic E-state index is 0.107. The lowest BCUT2D eigenvalue weighted by Crippen LogP contribution is -2.13. The summed E-state index contributed by atoms with van der Waals surface area (Å²) in [7, 11) is 1.65. The van der Waals surface area contributed by atoms with Gasteiger partial charge in [0, 0.05) is 19.4 Å². The van der Waals surface area contributed by atoms with E-state index >= 15 is 0 Å². The van der Waals surface area contributed by atoms with Crippen LogP contribution in [0.4, 0.5) is 0 Å². The van der Waals surface area contributed by atoms with Crippen LogP contribution in [-0.4, -0.2) is 38.5 Å². The van der Waals surface area contributed by atoms with E-state index in [1.807, 2.05) is 12.1 Å². The van der Waals surface area contributed by atoms with Crippen LogP contribution in [0.1, 0.15) is 26.3 Å². The summed E-state index contributed by atoms with van der Waals surface area (Å²) in [6.45, 7) is 8.75. The van der Waals surface area contributed by atoms with E-state index in [0.717, 1.165) is 0 Å². The quantitative estimate of drug-likeness (QED) is 0.700. The smallest absolute Gasteiger partial charge is 0.213 e. The first kappa shape index (κ1) is 14.9. The number of rotatable bonds is 7. The molecule has 18 heavy (non-hydrogen) atoms. The second-order valence-electron chi connectivity index (χ2n) is 5.09. The van der Waals surface area contributed by atoms with Gasteiger partial charge in [-0.1, -0.05) is 20.8 Å². The minimum Gasteiger partial charge on any atom is -0.475 e. The van der Waals surface area contributed by atoms with Crippen molar-refractivity contribution in [1.29, 1.82) is 0 Å². The number of hydrogen-bond donors (Lipinski definition) is 0. The molecule has 4 heteroatoms. The molecule has 0 radical (unpaired) electrons. The maximum atomic E-state index is 5.55. The number of ether oxygens (including phenoxy) is 3. The molecule has 0 unspecified atom stereocenters. The standard InChI is InChI=1S/C14H23NO3/c1-14(2,3)12-5-6-15-13(11-12)18-10-9-17-8-7-16-4/h5-6,11H,7-10H2,1-4H3. The molecule has 102 valence electrons. The van der Waals surface area contributed by atoms with Gasteiger partial charge < -0.3 is 14.2 Å². The summed E-state index contributed by atoms with van der Waals surface area (Å²) < 4.78 is 15.7. The van der Waals surface area contributed by atoms with Gasteiger partial charge in [0.2, 0.25) is 5.88 Å². The Morgan fingerprint density at radius 1 is 1.11 bits per heavy atom. The lowest BCUT2D eigenvalue weighted by atomic mass is 9.88. The Morgan fingerprint density at radius 3 is 2.50 bits per heavy atom. The highest BCUT2D eigenvalue weighted by atomic mass is 16.5. The zero-order chi connectivity index (χ0) is 13.4. The van der Waals surface area contributed by atoms with E-state index in [4.69, 9.17) is 14.2 Å². The summed E-state index contributed by atoms with van der Waals surface area (Å²) in [5.41, 5.74) is 1.32. The Bertz CT molecular complexity index is 347. The number of aromatic nitrogens is 1. The van der Waals surface area contributed by atoms with E-state index in [0.29, 0.717) is 32.3 Å². The van der Waals surface area contributed by atoms with Crippen molar-refractivity contribution in [1.82, 2.24) is 4.98 Å².